The molecule has 218 valence electrons. The minimum absolute atomic E-state index is 0.00144. The highest BCUT2D eigenvalue weighted by Crippen LogP contribution is 2.32. The molecular formula is C29H32N8O5. The second kappa shape index (κ2) is 12.3. The lowest BCUT2D eigenvalue weighted by molar-refractivity contribution is 0.0700. The Morgan fingerprint density at radius 1 is 1.10 bits per heavy atom. The summed E-state index contributed by atoms with van der Waals surface area (Å²) >= 11 is 0. The topological polar surface area (TPSA) is 164 Å². The standard InChI is InChI=1S/C29H32N8O5/c1-17-22-16-32-29(34-26(22)37(19-6-4-5-7-19)28(40)25(17)18(2)38)33-24-11-9-21(15-31-24)42-13-12-36(3)20-8-10-23(30-14-20)27(39)35-41/h8-11,14-16,19,41H,4-7,12-13H2,1-3H3,(H,35,39)(H,31,32,33,34). The SMILES string of the molecule is CC(=O)c1c(C)c2cnc(Nc3ccc(OCCN(C)c4ccc(C(=O)NO)nc4)cn3)nc2n(C2CCCC2)c1=O. The number of hydroxylamine groups is 1. The van der Waals surface area contributed by atoms with Crippen LogP contribution in [0.1, 0.15) is 65.1 Å². The van der Waals surface area contributed by atoms with Crippen molar-refractivity contribution < 1.29 is 19.5 Å². The number of anilines is 3. The van der Waals surface area contributed by atoms with E-state index in [0.29, 0.717) is 47.3 Å². The fourth-order valence-electron chi connectivity index (χ4n) is 5.20. The van der Waals surface area contributed by atoms with Gasteiger partial charge in [-0.05, 0) is 56.5 Å². The first kappa shape index (κ1) is 28.6. The van der Waals surface area contributed by atoms with E-state index in [1.807, 2.05) is 11.9 Å². The Balaban J connectivity index is 1.26. The second-order valence-electron chi connectivity index (χ2n) is 10.2. The zero-order valence-corrected chi connectivity index (χ0v) is 23.6. The van der Waals surface area contributed by atoms with Crippen LogP contribution >= 0.6 is 0 Å². The minimum Gasteiger partial charge on any atom is -0.490 e. The molecule has 4 aromatic rings. The Kier molecular flexibility index (Phi) is 8.38. The van der Waals surface area contributed by atoms with E-state index >= 15 is 0 Å². The van der Waals surface area contributed by atoms with Gasteiger partial charge in [-0.3, -0.25) is 24.2 Å². The van der Waals surface area contributed by atoms with Crippen molar-refractivity contribution in [2.45, 2.75) is 45.6 Å². The Morgan fingerprint density at radius 3 is 2.52 bits per heavy atom. The third-order valence-electron chi connectivity index (χ3n) is 7.44. The van der Waals surface area contributed by atoms with E-state index in [1.165, 1.54) is 19.2 Å². The molecule has 0 atom stereocenters. The molecule has 13 heteroatoms. The van der Waals surface area contributed by atoms with Crippen molar-refractivity contribution in [2.24, 2.45) is 0 Å². The summed E-state index contributed by atoms with van der Waals surface area (Å²) in [6.07, 6.45) is 8.57. The van der Waals surface area contributed by atoms with Crippen molar-refractivity contribution in [3.63, 3.8) is 0 Å². The number of nitrogens with zero attached hydrogens (tertiary/aromatic N) is 6. The molecule has 0 spiro atoms. The number of ketones is 1. The van der Waals surface area contributed by atoms with Gasteiger partial charge in [0.1, 0.15) is 29.5 Å². The summed E-state index contributed by atoms with van der Waals surface area (Å²) in [7, 11) is 1.87. The van der Waals surface area contributed by atoms with Gasteiger partial charge in [-0.25, -0.2) is 20.4 Å². The largest absolute Gasteiger partial charge is 0.490 e. The van der Waals surface area contributed by atoms with E-state index in [1.54, 1.807) is 47.6 Å². The summed E-state index contributed by atoms with van der Waals surface area (Å²) in [5, 5.41) is 12.5. The number of Topliss-reactive ketones (excluding diaryl/α,β-unsaturated/α-hetero) is 1. The predicted molar refractivity (Wildman–Crippen MR) is 156 cm³/mol. The highest BCUT2D eigenvalue weighted by Gasteiger charge is 2.26. The number of ether oxygens (including phenoxy) is 1. The summed E-state index contributed by atoms with van der Waals surface area (Å²) in [6, 6.07) is 6.77. The lowest BCUT2D eigenvalue weighted by Crippen LogP contribution is -2.30. The molecule has 3 N–H and O–H groups in total. The van der Waals surface area contributed by atoms with Crippen LogP contribution in [0.5, 0.6) is 5.75 Å². The molecule has 0 bridgehead atoms. The molecule has 13 nitrogen and oxygen atoms in total. The fourth-order valence-corrected chi connectivity index (χ4v) is 5.20. The van der Waals surface area contributed by atoms with E-state index in [-0.39, 0.29) is 28.6 Å². The average molecular weight is 573 g/mol. The molecule has 1 aliphatic rings. The number of rotatable bonds is 10. The van der Waals surface area contributed by atoms with Crippen LogP contribution in [0.4, 0.5) is 17.5 Å². The number of pyridine rings is 3. The van der Waals surface area contributed by atoms with E-state index in [0.717, 1.165) is 31.4 Å². The number of hydrogen-bond acceptors (Lipinski definition) is 11. The monoisotopic (exact) mass is 572 g/mol. The molecular weight excluding hydrogens is 540 g/mol. The lowest BCUT2D eigenvalue weighted by atomic mass is 10.0. The first-order valence-electron chi connectivity index (χ1n) is 13.7. The maximum absolute atomic E-state index is 13.4. The third-order valence-corrected chi connectivity index (χ3v) is 7.44. The van der Waals surface area contributed by atoms with Crippen LogP contribution in [0.15, 0.2) is 47.7 Å². The number of aromatic nitrogens is 5. The van der Waals surface area contributed by atoms with Crippen molar-refractivity contribution in [1.82, 2.24) is 30.0 Å². The molecule has 4 heterocycles. The molecule has 1 fully saturated rings. The fraction of sp³-hybridized carbons (Fsp3) is 0.345. The summed E-state index contributed by atoms with van der Waals surface area (Å²) in [6.45, 7) is 4.10. The molecule has 1 aliphatic carbocycles. The first-order chi connectivity index (χ1) is 20.3. The zero-order chi connectivity index (χ0) is 29.8. The van der Waals surface area contributed by atoms with Crippen molar-refractivity contribution in [3.05, 3.63) is 70.0 Å². The second-order valence-corrected chi connectivity index (χ2v) is 10.2. The van der Waals surface area contributed by atoms with Gasteiger partial charge < -0.3 is 15.0 Å². The molecule has 4 aromatic heterocycles. The summed E-state index contributed by atoms with van der Waals surface area (Å²) < 4.78 is 7.50. The van der Waals surface area contributed by atoms with E-state index in [9.17, 15) is 14.4 Å². The van der Waals surface area contributed by atoms with Crippen molar-refractivity contribution in [1.29, 1.82) is 0 Å². The van der Waals surface area contributed by atoms with Gasteiger partial charge in [-0.15, -0.1) is 0 Å². The van der Waals surface area contributed by atoms with Gasteiger partial charge in [0.25, 0.3) is 11.5 Å². The van der Waals surface area contributed by atoms with Crippen LogP contribution in [0.2, 0.25) is 0 Å². The number of amides is 1. The normalized spacial score (nSPS) is 13.2. The number of fused-ring (bicyclic) bond motifs is 1. The number of hydrogen-bond donors (Lipinski definition) is 3. The molecule has 0 unspecified atom stereocenters. The van der Waals surface area contributed by atoms with E-state index in [4.69, 9.17) is 14.9 Å². The molecule has 42 heavy (non-hydrogen) atoms. The Bertz CT molecular complexity index is 1670. The van der Waals surface area contributed by atoms with Gasteiger partial charge in [0, 0.05) is 24.7 Å². The quantitative estimate of drug-likeness (QED) is 0.144. The van der Waals surface area contributed by atoms with Crippen molar-refractivity contribution in [3.8, 4) is 5.75 Å². The Hall–Kier alpha value is -4.91. The van der Waals surface area contributed by atoms with Crippen LogP contribution < -0.4 is 26.0 Å². The van der Waals surface area contributed by atoms with Gasteiger partial charge in [0.15, 0.2) is 5.78 Å². The Morgan fingerprint density at radius 2 is 1.88 bits per heavy atom. The summed E-state index contributed by atoms with van der Waals surface area (Å²) in [5.74, 6) is 0.440. The lowest BCUT2D eigenvalue weighted by Gasteiger charge is -2.19. The van der Waals surface area contributed by atoms with E-state index in [2.05, 4.69) is 20.3 Å². The number of carbonyl (C=O) groups excluding carboxylic acids is 2. The van der Waals surface area contributed by atoms with Gasteiger partial charge in [-0.1, -0.05) is 12.8 Å². The van der Waals surface area contributed by atoms with Crippen LogP contribution in [0, 0.1) is 6.92 Å². The number of likely N-dealkylation sites (N-methyl/N-ethyl adjacent to an activating group) is 1. The van der Waals surface area contributed by atoms with Crippen LogP contribution in [-0.2, 0) is 0 Å². The van der Waals surface area contributed by atoms with Gasteiger partial charge in [0.2, 0.25) is 5.95 Å². The van der Waals surface area contributed by atoms with Crippen LogP contribution in [0.3, 0.4) is 0 Å². The molecule has 5 rings (SSSR count). The Labute approximate surface area is 241 Å². The van der Waals surface area contributed by atoms with Gasteiger partial charge >= 0.3 is 0 Å². The maximum atomic E-state index is 13.4. The number of nitrogens with one attached hydrogen (secondary N) is 2. The maximum Gasteiger partial charge on any atom is 0.293 e. The molecule has 0 aliphatic heterocycles. The van der Waals surface area contributed by atoms with Gasteiger partial charge in [-0.2, -0.15) is 4.98 Å². The molecule has 0 aromatic carbocycles. The predicted octanol–water partition coefficient (Wildman–Crippen LogP) is 3.59. The van der Waals surface area contributed by atoms with E-state index < -0.39 is 5.91 Å². The highest BCUT2D eigenvalue weighted by atomic mass is 16.5. The minimum atomic E-state index is -0.673. The molecule has 1 saturated carbocycles. The number of carbonyl (C=O) groups is 2. The van der Waals surface area contributed by atoms with Crippen molar-refractivity contribution >= 4 is 40.2 Å². The highest BCUT2D eigenvalue weighted by molar-refractivity contribution is 5.99. The van der Waals surface area contributed by atoms with Crippen LogP contribution in [-0.4, -0.2) is 61.6 Å². The summed E-state index contributed by atoms with van der Waals surface area (Å²) in [4.78, 5) is 56.6. The number of aryl methyl sites for hydroxylation is 1. The molecule has 0 saturated heterocycles. The first-order valence-corrected chi connectivity index (χ1v) is 13.7. The van der Waals surface area contributed by atoms with Crippen LogP contribution in [0.25, 0.3) is 11.0 Å². The zero-order valence-electron chi connectivity index (χ0n) is 23.6. The average Bonchev–Trinajstić information content (AvgIpc) is 3.52. The molecule has 0 radical (unpaired) electrons. The van der Waals surface area contributed by atoms with Gasteiger partial charge in [0.05, 0.1) is 30.2 Å². The van der Waals surface area contributed by atoms with Crippen molar-refractivity contribution in [2.75, 3.05) is 30.4 Å². The third kappa shape index (κ3) is 5.91. The summed E-state index contributed by atoms with van der Waals surface area (Å²) in [5.41, 5.74) is 3.46. The smallest absolute Gasteiger partial charge is 0.293 e. The molecule has 1 amide bonds.